The summed E-state index contributed by atoms with van der Waals surface area (Å²) in [6.45, 7) is 2.77. The molecule has 0 fully saturated rings. The largest absolute Gasteiger partial charge is 0.497 e. The molecule has 1 aliphatic rings. The van der Waals surface area contributed by atoms with Gasteiger partial charge in [0.2, 0.25) is 0 Å². The summed E-state index contributed by atoms with van der Waals surface area (Å²) in [6, 6.07) is 35.1. The molecule has 0 atom stereocenters. The normalized spacial score (nSPS) is 12.2. The van der Waals surface area contributed by atoms with E-state index < -0.39 is 11.4 Å². The monoisotopic (exact) mass is 594 g/mol. The minimum atomic E-state index is -0.830. The third kappa shape index (κ3) is 5.41. The van der Waals surface area contributed by atoms with Crippen LogP contribution in [0.3, 0.4) is 0 Å². The highest BCUT2D eigenvalue weighted by Crippen LogP contribution is 2.58. The summed E-state index contributed by atoms with van der Waals surface area (Å²) in [4.78, 5) is 23.4. The van der Waals surface area contributed by atoms with Crippen LogP contribution < -0.4 is 18.9 Å². The summed E-state index contributed by atoms with van der Waals surface area (Å²) in [5.74, 6) is 8.39. The van der Waals surface area contributed by atoms with Gasteiger partial charge < -0.3 is 18.9 Å². The molecule has 0 amide bonds. The Morgan fingerprint density at radius 2 is 1.11 bits per heavy atom. The van der Waals surface area contributed by atoms with Crippen LogP contribution in [-0.2, 0) is 15.0 Å². The Kier molecular flexibility index (Phi) is 7.85. The van der Waals surface area contributed by atoms with Crippen LogP contribution in [0.1, 0.15) is 47.2 Å². The third-order valence-electron chi connectivity index (χ3n) is 7.89. The number of esters is 2. The number of carbonyl (C=O) groups excluding carboxylic acids is 2. The first-order chi connectivity index (χ1) is 21.8. The molecule has 0 bridgehead atoms. The van der Waals surface area contributed by atoms with E-state index >= 15 is 0 Å². The van der Waals surface area contributed by atoms with Crippen molar-refractivity contribution in [2.45, 2.75) is 19.3 Å². The maximum atomic E-state index is 12.0. The summed E-state index contributed by atoms with van der Waals surface area (Å²) in [6.07, 6.45) is 0. The molecule has 0 aliphatic heterocycles. The first-order valence-electron chi connectivity index (χ1n) is 14.4. The van der Waals surface area contributed by atoms with Gasteiger partial charge in [0.1, 0.15) is 23.0 Å². The van der Waals surface area contributed by atoms with E-state index in [2.05, 4.69) is 42.2 Å². The number of benzene rings is 5. The highest BCUT2D eigenvalue weighted by molar-refractivity contribution is 5.89. The van der Waals surface area contributed by atoms with Crippen molar-refractivity contribution >= 4 is 11.9 Å². The van der Waals surface area contributed by atoms with Gasteiger partial charge in [0.25, 0.3) is 0 Å². The molecule has 0 aromatic heterocycles. The lowest BCUT2D eigenvalue weighted by molar-refractivity contribution is -0.132. The molecule has 0 N–H and O–H groups in total. The summed E-state index contributed by atoms with van der Waals surface area (Å²) in [5, 5.41) is 0. The zero-order valence-corrected chi connectivity index (χ0v) is 25.3. The minimum absolute atomic E-state index is 0.376. The van der Waals surface area contributed by atoms with Crippen molar-refractivity contribution in [1.82, 2.24) is 0 Å². The van der Waals surface area contributed by atoms with Gasteiger partial charge in [-0.3, -0.25) is 9.59 Å². The van der Waals surface area contributed by atoms with E-state index in [-0.39, 0.29) is 5.97 Å². The van der Waals surface area contributed by atoms with Crippen molar-refractivity contribution in [3.05, 3.63) is 143 Å². The molecule has 6 rings (SSSR count). The molecular weight excluding hydrogens is 564 g/mol. The number of methoxy groups -OCH3 is 2. The summed E-state index contributed by atoms with van der Waals surface area (Å²) in [5.41, 5.74) is 6.80. The molecule has 0 saturated carbocycles. The average Bonchev–Trinajstić information content (AvgIpc) is 3.35. The quantitative estimate of drug-likeness (QED) is 0.114. The molecular formula is C39H30O6. The number of fused-ring (bicyclic) bond motifs is 3. The van der Waals surface area contributed by atoms with Gasteiger partial charge in [-0.2, -0.15) is 0 Å². The zero-order chi connectivity index (χ0) is 31.6. The summed E-state index contributed by atoms with van der Waals surface area (Å²) < 4.78 is 21.8. The van der Waals surface area contributed by atoms with Crippen molar-refractivity contribution in [3.63, 3.8) is 0 Å². The van der Waals surface area contributed by atoms with Gasteiger partial charge in [-0.1, -0.05) is 54.3 Å². The standard InChI is InChI=1S/C39H30O6/c1-25(40)44-33-16-9-27(10-17-33)8-11-28-6-5-7-36-35-23-22-34(45-26(2)41)24-37(35)39(38(28)36,29-12-18-31(42-3)19-13-29)30-14-20-32(43-4)21-15-30/h5-7,9-10,12-24H,1-4H3. The Labute approximate surface area is 262 Å². The van der Waals surface area contributed by atoms with E-state index in [0.29, 0.717) is 11.5 Å². The van der Waals surface area contributed by atoms with Crippen LogP contribution >= 0.6 is 0 Å². The second-order valence-corrected chi connectivity index (χ2v) is 10.6. The van der Waals surface area contributed by atoms with E-state index in [4.69, 9.17) is 18.9 Å². The van der Waals surface area contributed by atoms with Crippen LogP contribution in [0.15, 0.2) is 109 Å². The molecule has 1 aliphatic carbocycles. The summed E-state index contributed by atoms with van der Waals surface area (Å²) >= 11 is 0. The second-order valence-electron chi connectivity index (χ2n) is 10.6. The molecule has 5 aromatic rings. The van der Waals surface area contributed by atoms with Crippen LogP contribution in [0.25, 0.3) is 11.1 Å². The predicted octanol–water partition coefficient (Wildman–Crippen LogP) is 7.32. The molecule has 0 radical (unpaired) electrons. The van der Waals surface area contributed by atoms with E-state index in [9.17, 15) is 9.59 Å². The molecule has 6 heteroatoms. The van der Waals surface area contributed by atoms with Gasteiger partial charge in [-0.25, -0.2) is 0 Å². The van der Waals surface area contributed by atoms with Gasteiger partial charge in [0.05, 0.1) is 19.6 Å². The Balaban J connectivity index is 1.64. The second kappa shape index (κ2) is 12.1. The molecule has 5 aromatic carbocycles. The Morgan fingerprint density at radius 1 is 0.578 bits per heavy atom. The van der Waals surface area contributed by atoms with Crippen molar-refractivity contribution in [3.8, 4) is 46.0 Å². The van der Waals surface area contributed by atoms with Crippen LogP contribution in [0.4, 0.5) is 0 Å². The molecule has 0 unspecified atom stereocenters. The fraction of sp³-hybridized carbons (Fsp3) is 0.128. The molecule has 222 valence electrons. The molecule has 6 nitrogen and oxygen atoms in total. The van der Waals surface area contributed by atoms with Gasteiger partial charge in [0, 0.05) is 25.0 Å². The molecule has 0 saturated heterocycles. The van der Waals surface area contributed by atoms with Crippen LogP contribution in [0.5, 0.6) is 23.0 Å². The number of hydrogen-bond donors (Lipinski definition) is 0. The topological polar surface area (TPSA) is 71.1 Å². The van der Waals surface area contributed by atoms with E-state index in [1.54, 1.807) is 26.4 Å². The van der Waals surface area contributed by atoms with Crippen molar-refractivity contribution < 1.29 is 28.5 Å². The van der Waals surface area contributed by atoms with Gasteiger partial charge in [0.15, 0.2) is 0 Å². The first-order valence-corrected chi connectivity index (χ1v) is 14.4. The number of hydrogen-bond acceptors (Lipinski definition) is 6. The average molecular weight is 595 g/mol. The maximum Gasteiger partial charge on any atom is 0.308 e. The van der Waals surface area contributed by atoms with Crippen molar-refractivity contribution in [2.24, 2.45) is 0 Å². The van der Waals surface area contributed by atoms with Crippen LogP contribution in [-0.4, -0.2) is 26.2 Å². The fourth-order valence-electron chi connectivity index (χ4n) is 6.08. The Morgan fingerprint density at radius 3 is 1.67 bits per heavy atom. The lowest BCUT2D eigenvalue weighted by Crippen LogP contribution is -2.29. The Bertz CT molecular complexity index is 1910. The fourth-order valence-corrected chi connectivity index (χ4v) is 6.08. The highest BCUT2D eigenvalue weighted by atomic mass is 16.5. The van der Waals surface area contributed by atoms with E-state index in [1.807, 2.05) is 66.7 Å². The SMILES string of the molecule is COc1ccc(C2(c3ccc(OC)cc3)c3cc(OC(C)=O)ccc3-c3cccc(C#Cc4ccc(OC(C)=O)cc4)c32)cc1. The third-order valence-corrected chi connectivity index (χ3v) is 7.89. The highest BCUT2D eigenvalue weighted by Gasteiger charge is 2.48. The number of carbonyl (C=O) groups is 2. The molecule has 0 heterocycles. The van der Waals surface area contributed by atoms with Gasteiger partial charge in [-0.05, 0) is 100 Å². The molecule has 0 spiro atoms. The molecule has 45 heavy (non-hydrogen) atoms. The predicted molar refractivity (Wildman–Crippen MR) is 172 cm³/mol. The zero-order valence-electron chi connectivity index (χ0n) is 25.3. The lowest BCUT2D eigenvalue weighted by Gasteiger charge is -2.34. The smallest absolute Gasteiger partial charge is 0.308 e. The number of ether oxygens (including phenoxy) is 4. The summed E-state index contributed by atoms with van der Waals surface area (Å²) in [7, 11) is 3.29. The van der Waals surface area contributed by atoms with Crippen molar-refractivity contribution in [1.29, 1.82) is 0 Å². The number of rotatable bonds is 6. The van der Waals surface area contributed by atoms with Crippen LogP contribution in [0, 0.1) is 11.8 Å². The van der Waals surface area contributed by atoms with Crippen LogP contribution in [0.2, 0.25) is 0 Å². The van der Waals surface area contributed by atoms with Gasteiger partial charge >= 0.3 is 11.9 Å². The minimum Gasteiger partial charge on any atom is -0.497 e. The van der Waals surface area contributed by atoms with E-state index in [1.165, 1.54) is 13.8 Å². The van der Waals surface area contributed by atoms with E-state index in [0.717, 1.165) is 56.0 Å². The van der Waals surface area contributed by atoms with Gasteiger partial charge in [-0.15, -0.1) is 0 Å². The Hall–Kier alpha value is -5.80. The lowest BCUT2D eigenvalue weighted by atomic mass is 9.66. The first kappa shape index (κ1) is 29.3. The van der Waals surface area contributed by atoms with Crippen molar-refractivity contribution in [2.75, 3.05) is 14.2 Å². The maximum absolute atomic E-state index is 12.0.